The smallest absolute Gasteiger partial charge is 0.257 e. The van der Waals surface area contributed by atoms with E-state index in [9.17, 15) is 9.59 Å². The lowest BCUT2D eigenvalue weighted by Gasteiger charge is -2.52. The highest BCUT2D eigenvalue weighted by molar-refractivity contribution is 5.96. The minimum absolute atomic E-state index is 0.0319. The summed E-state index contributed by atoms with van der Waals surface area (Å²) in [6.45, 7) is 11.5. The van der Waals surface area contributed by atoms with Gasteiger partial charge in [-0.2, -0.15) is 0 Å². The molecular weight excluding hydrogens is 478 g/mol. The summed E-state index contributed by atoms with van der Waals surface area (Å²) < 4.78 is 5.47. The molecule has 6 rings (SSSR count). The zero-order valence-corrected chi connectivity index (χ0v) is 22.6. The maximum Gasteiger partial charge on any atom is 0.257 e. The van der Waals surface area contributed by atoms with E-state index in [1.165, 1.54) is 11.9 Å². The molecule has 5 heterocycles. The van der Waals surface area contributed by atoms with Crippen LogP contribution in [0, 0.1) is 31.6 Å². The number of benzene rings is 1. The summed E-state index contributed by atoms with van der Waals surface area (Å²) in [7, 11) is 0. The Hall–Kier alpha value is -2.84. The highest BCUT2D eigenvalue weighted by Crippen LogP contribution is 2.40. The molecule has 4 fully saturated rings. The predicted octanol–water partition coefficient (Wildman–Crippen LogP) is 2.69. The van der Waals surface area contributed by atoms with E-state index in [0.717, 1.165) is 76.5 Å². The molecule has 8 nitrogen and oxygen atoms in total. The quantitative estimate of drug-likeness (QED) is 0.586. The van der Waals surface area contributed by atoms with Crippen molar-refractivity contribution in [1.29, 1.82) is 0 Å². The first-order valence-corrected chi connectivity index (χ1v) is 14.2. The summed E-state index contributed by atoms with van der Waals surface area (Å²) in [6.07, 6.45) is 4.28. The molecule has 2 aromatic rings. The summed E-state index contributed by atoms with van der Waals surface area (Å²) >= 11 is 0. The molecule has 202 valence electrons. The van der Waals surface area contributed by atoms with Crippen LogP contribution in [0.3, 0.4) is 0 Å². The van der Waals surface area contributed by atoms with Crippen molar-refractivity contribution < 1.29 is 14.3 Å². The van der Waals surface area contributed by atoms with E-state index in [1.54, 1.807) is 0 Å². The number of hydrogen-bond donors (Lipinski definition) is 0. The van der Waals surface area contributed by atoms with Crippen LogP contribution in [0.2, 0.25) is 0 Å². The number of amides is 2. The summed E-state index contributed by atoms with van der Waals surface area (Å²) in [5.41, 5.74) is 3.57. The van der Waals surface area contributed by atoms with Gasteiger partial charge >= 0.3 is 0 Å². The molecule has 0 N–H and O–H groups in total. The fraction of sp³-hybridized carbons (Fsp3) is 0.600. The van der Waals surface area contributed by atoms with Gasteiger partial charge in [-0.15, -0.1) is 0 Å². The fourth-order valence-electron chi connectivity index (χ4n) is 7.19. The lowest BCUT2D eigenvalue weighted by Crippen LogP contribution is -2.63. The average molecular weight is 518 g/mol. The van der Waals surface area contributed by atoms with E-state index < -0.39 is 0 Å². The number of aryl methyl sites for hydroxylation is 2. The standard InChI is InChI=1S/C30H39N5O3/c1-21-27(22(2)32-20-31-21)29(37)34-16-24-14-33(15-25(24)17-34)11-10-30(26-6-4-3-5-7-26)18-35(19-30)28(36)23-8-12-38-13-9-23/h3-7,20,23-25H,8-19H2,1-2H3. The third-order valence-electron chi connectivity index (χ3n) is 9.45. The van der Waals surface area contributed by atoms with E-state index in [2.05, 4.69) is 50.1 Å². The topological polar surface area (TPSA) is 78.9 Å². The van der Waals surface area contributed by atoms with Crippen molar-refractivity contribution >= 4 is 11.8 Å². The van der Waals surface area contributed by atoms with Crippen molar-refractivity contribution in [2.24, 2.45) is 17.8 Å². The van der Waals surface area contributed by atoms with Crippen LogP contribution in [0.15, 0.2) is 36.7 Å². The maximum absolute atomic E-state index is 13.3. The molecule has 0 aliphatic carbocycles. The largest absolute Gasteiger partial charge is 0.381 e. The van der Waals surface area contributed by atoms with Gasteiger partial charge < -0.3 is 19.4 Å². The molecule has 0 bridgehead atoms. The Labute approximate surface area is 225 Å². The zero-order chi connectivity index (χ0) is 26.3. The van der Waals surface area contributed by atoms with Crippen LogP contribution in [0.4, 0.5) is 0 Å². The summed E-state index contributed by atoms with van der Waals surface area (Å²) in [6, 6.07) is 10.8. The second-order valence-electron chi connectivity index (χ2n) is 11.9. The molecule has 0 spiro atoms. The number of rotatable bonds is 6. The van der Waals surface area contributed by atoms with Gasteiger partial charge in [0.05, 0.1) is 17.0 Å². The first-order valence-electron chi connectivity index (χ1n) is 14.2. The molecular formula is C30H39N5O3. The van der Waals surface area contributed by atoms with E-state index in [4.69, 9.17) is 4.74 Å². The van der Waals surface area contributed by atoms with Crippen molar-refractivity contribution in [3.8, 4) is 0 Å². The van der Waals surface area contributed by atoms with Crippen LogP contribution in [-0.4, -0.2) is 95.5 Å². The van der Waals surface area contributed by atoms with Crippen LogP contribution in [0.1, 0.15) is 46.6 Å². The number of hydrogen-bond acceptors (Lipinski definition) is 6. The van der Waals surface area contributed by atoms with Crippen molar-refractivity contribution in [2.75, 3.05) is 59.0 Å². The molecule has 4 saturated heterocycles. The molecule has 2 atom stereocenters. The van der Waals surface area contributed by atoms with Gasteiger partial charge in [-0.05, 0) is 57.1 Å². The van der Waals surface area contributed by atoms with Gasteiger partial charge in [-0.1, -0.05) is 30.3 Å². The second kappa shape index (κ2) is 10.4. The van der Waals surface area contributed by atoms with Gasteiger partial charge in [0.15, 0.2) is 0 Å². The van der Waals surface area contributed by atoms with Crippen LogP contribution in [0.25, 0.3) is 0 Å². The maximum atomic E-state index is 13.3. The van der Waals surface area contributed by atoms with Gasteiger partial charge in [0.25, 0.3) is 5.91 Å². The normalized spacial score (nSPS) is 25.3. The lowest BCUT2D eigenvalue weighted by atomic mass is 9.70. The molecule has 0 saturated carbocycles. The summed E-state index contributed by atoms with van der Waals surface area (Å²) in [5, 5.41) is 0. The molecule has 1 aromatic heterocycles. The Kier molecular flexibility index (Phi) is 6.95. The number of nitrogens with zero attached hydrogens (tertiary/aromatic N) is 5. The van der Waals surface area contributed by atoms with Crippen LogP contribution < -0.4 is 0 Å². The lowest BCUT2D eigenvalue weighted by molar-refractivity contribution is -0.147. The monoisotopic (exact) mass is 517 g/mol. The molecule has 4 aliphatic rings. The molecule has 2 amide bonds. The molecule has 2 unspecified atom stereocenters. The molecule has 1 aromatic carbocycles. The molecule has 4 aliphatic heterocycles. The van der Waals surface area contributed by atoms with E-state index in [0.29, 0.717) is 36.5 Å². The molecule has 8 heteroatoms. The number of ether oxygens (including phenoxy) is 1. The second-order valence-corrected chi connectivity index (χ2v) is 11.9. The highest BCUT2D eigenvalue weighted by Gasteiger charge is 2.48. The third kappa shape index (κ3) is 4.73. The van der Waals surface area contributed by atoms with Crippen LogP contribution in [-0.2, 0) is 14.9 Å². The Bertz CT molecular complexity index is 1140. The van der Waals surface area contributed by atoms with Crippen molar-refractivity contribution in [1.82, 2.24) is 24.7 Å². The summed E-state index contributed by atoms with van der Waals surface area (Å²) in [4.78, 5) is 41.6. The first kappa shape index (κ1) is 25.4. The van der Waals surface area contributed by atoms with E-state index >= 15 is 0 Å². The van der Waals surface area contributed by atoms with Crippen LogP contribution >= 0.6 is 0 Å². The van der Waals surface area contributed by atoms with Crippen molar-refractivity contribution in [3.05, 3.63) is 59.2 Å². The van der Waals surface area contributed by atoms with Crippen molar-refractivity contribution in [3.63, 3.8) is 0 Å². The SMILES string of the molecule is Cc1ncnc(C)c1C(=O)N1CC2CN(CCC3(c4ccccc4)CN(C(=O)C4CCOCC4)C3)CC2C1. The highest BCUT2D eigenvalue weighted by atomic mass is 16.5. The minimum Gasteiger partial charge on any atom is -0.381 e. The minimum atomic E-state index is 0.0319. The predicted molar refractivity (Wildman–Crippen MR) is 144 cm³/mol. The Morgan fingerprint density at radius 1 is 0.921 bits per heavy atom. The Balaban J connectivity index is 1.06. The van der Waals surface area contributed by atoms with Crippen molar-refractivity contribution in [2.45, 2.75) is 38.5 Å². The first-order chi connectivity index (χ1) is 18.4. The number of carbonyl (C=O) groups is 2. The number of likely N-dealkylation sites (tertiary alicyclic amines) is 3. The Morgan fingerprint density at radius 2 is 1.55 bits per heavy atom. The average Bonchev–Trinajstić information content (AvgIpc) is 3.48. The summed E-state index contributed by atoms with van der Waals surface area (Å²) in [5.74, 6) is 1.55. The molecule has 38 heavy (non-hydrogen) atoms. The number of fused-ring (bicyclic) bond motifs is 1. The van der Waals surface area contributed by atoms with E-state index in [1.807, 2.05) is 18.7 Å². The van der Waals surface area contributed by atoms with Gasteiger partial charge in [-0.3, -0.25) is 9.59 Å². The van der Waals surface area contributed by atoms with Gasteiger partial charge in [0.2, 0.25) is 5.91 Å². The molecule has 0 radical (unpaired) electrons. The fourth-order valence-corrected chi connectivity index (χ4v) is 7.19. The van der Waals surface area contributed by atoms with Gasteiger partial charge in [-0.25, -0.2) is 9.97 Å². The van der Waals surface area contributed by atoms with E-state index in [-0.39, 0.29) is 17.2 Å². The van der Waals surface area contributed by atoms with Gasteiger partial charge in [0, 0.05) is 63.8 Å². The number of carbonyl (C=O) groups excluding carboxylic acids is 2. The van der Waals surface area contributed by atoms with Gasteiger partial charge in [0.1, 0.15) is 6.33 Å². The zero-order valence-electron chi connectivity index (χ0n) is 22.6. The Morgan fingerprint density at radius 3 is 2.18 bits per heavy atom. The number of aromatic nitrogens is 2. The van der Waals surface area contributed by atoms with Crippen LogP contribution in [0.5, 0.6) is 0 Å². The third-order valence-corrected chi connectivity index (χ3v) is 9.45.